The summed E-state index contributed by atoms with van der Waals surface area (Å²) in [5.74, 6) is -1.10. The number of esters is 1. The summed E-state index contributed by atoms with van der Waals surface area (Å²) in [7, 11) is 1.21. The van der Waals surface area contributed by atoms with E-state index in [0.29, 0.717) is 6.61 Å². The zero-order valence-electron chi connectivity index (χ0n) is 8.54. The van der Waals surface area contributed by atoms with Crippen LogP contribution in [-0.4, -0.2) is 19.7 Å². The Morgan fingerprint density at radius 1 is 1.53 bits per heavy atom. The molecule has 0 saturated heterocycles. The summed E-state index contributed by atoms with van der Waals surface area (Å²) in [4.78, 5) is 11.3. The third-order valence-corrected chi connectivity index (χ3v) is 1.80. The maximum absolute atomic E-state index is 13.1. The molecule has 0 atom stereocenters. The minimum atomic E-state index is -0.668. The SMILES string of the molecule is CCOc1cc(N)c(F)cc1C(=O)OC. The van der Waals surface area contributed by atoms with Crippen LogP contribution in [-0.2, 0) is 4.74 Å². The molecule has 0 aromatic heterocycles. The van der Waals surface area contributed by atoms with Crippen LogP contribution in [0.2, 0.25) is 0 Å². The lowest BCUT2D eigenvalue weighted by atomic mass is 10.1. The highest BCUT2D eigenvalue weighted by Gasteiger charge is 2.16. The van der Waals surface area contributed by atoms with Crippen molar-refractivity contribution in [3.05, 3.63) is 23.5 Å². The molecule has 4 nitrogen and oxygen atoms in total. The van der Waals surface area contributed by atoms with Gasteiger partial charge in [0, 0.05) is 6.07 Å². The zero-order valence-corrected chi connectivity index (χ0v) is 8.54. The highest BCUT2D eigenvalue weighted by Crippen LogP contribution is 2.25. The summed E-state index contributed by atoms with van der Waals surface area (Å²) >= 11 is 0. The van der Waals surface area contributed by atoms with Crippen molar-refractivity contribution in [2.75, 3.05) is 19.5 Å². The average Bonchev–Trinajstić information content (AvgIpc) is 2.22. The normalized spacial score (nSPS) is 9.80. The standard InChI is InChI=1S/C10H12FNO3/c1-3-15-9-5-8(12)7(11)4-6(9)10(13)14-2/h4-5H,3,12H2,1-2H3. The molecule has 82 valence electrons. The number of ether oxygens (including phenoxy) is 2. The molecule has 0 aliphatic carbocycles. The van der Waals surface area contributed by atoms with Gasteiger partial charge in [-0.15, -0.1) is 0 Å². The van der Waals surface area contributed by atoms with Crippen LogP contribution in [0.5, 0.6) is 5.75 Å². The van der Waals surface area contributed by atoms with E-state index < -0.39 is 11.8 Å². The minimum Gasteiger partial charge on any atom is -0.493 e. The number of anilines is 1. The molecule has 0 saturated carbocycles. The fourth-order valence-corrected chi connectivity index (χ4v) is 1.11. The Balaban J connectivity index is 3.21. The Bertz CT molecular complexity index is 379. The van der Waals surface area contributed by atoms with Crippen LogP contribution in [0.4, 0.5) is 10.1 Å². The van der Waals surface area contributed by atoms with Crippen molar-refractivity contribution in [1.82, 2.24) is 0 Å². The Kier molecular flexibility index (Phi) is 3.49. The van der Waals surface area contributed by atoms with Crippen molar-refractivity contribution in [2.24, 2.45) is 0 Å². The Morgan fingerprint density at radius 3 is 2.73 bits per heavy atom. The number of halogens is 1. The van der Waals surface area contributed by atoms with Crippen LogP contribution >= 0.6 is 0 Å². The second kappa shape index (κ2) is 4.63. The zero-order chi connectivity index (χ0) is 11.4. The lowest BCUT2D eigenvalue weighted by Crippen LogP contribution is -2.07. The van der Waals surface area contributed by atoms with Gasteiger partial charge in [-0.1, -0.05) is 0 Å². The van der Waals surface area contributed by atoms with Gasteiger partial charge in [-0.05, 0) is 13.0 Å². The van der Waals surface area contributed by atoms with Crippen LogP contribution in [0, 0.1) is 5.82 Å². The molecule has 1 aromatic rings. The monoisotopic (exact) mass is 213 g/mol. The topological polar surface area (TPSA) is 61.5 Å². The number of carbonyl (C=O) groups is 1. The van der Waals surface area contributed by atoms with Gasteiger partial charge >= 0.3 is 5.97 Å². The molecule has 0 spiro atoms. The van der Waals surface area contributed by atoms with E-state index in [9.17, 15) is 9.18 Å². The molecular weight excluding hydrogens is 201 g/mol. The maximum Gasteiger partial charge on any atom is 0.341 e. The molecular formula is C10H12FNO3. The van der Waals surface area contributed by atoms with E-state index in [4.69, 9.17) is 10.5 Å². The number of methoxy groups -OCH3 is 1. The van der Waals surface area contributed by atoms with Crippen LogP contribution in [0.1, 0.15) is 17.3 Å². The second-order valence-electron chi connectivity index (χ2n) is 2.79. The van der Waals surface area contributed by atoms with Gasteiger partial charge in [-0.25, -0.2) is 9.18 Å². The van der Waals surface area contributed by atoms with E-state index >= 15 is 0 Å². The molecule has 0 aliphatic rings. The number of nitrogens with two attached hydrogens (primary N) is 1. The van der Waals surface area contributed by atoms with Gasteiger partial charge in [0.2, 0.25) is 0 Å². The summed E-state index contributed by atoms with van der Waals surface area (Å²) in [6.45, 7) is 2.11. The largest absolute Gasteiger partial charge is 0.493 e. The quantitative estimate of drug-likeness (QED) is 0.611. The first-order valence-corrected chi connectivity index (χ1v) is 4.40. The number of hydrogen-bond acceptors (Lipinski definition) is 4. The molecule has 0 bridgehead atoms. The van der Waals surface area contributed by atoms with Crippen molar-refractivity contribution in [3.8, 4) is 5.75 Å². The lowest BCUT2D eigenvalue weighted by molar-refractivity contribution is 0.0596. The molecule has 1 rings (SSSR count). The highest BCUT2D eigenvalue weighted by molar-refractivity contribution is 5.93. The Hall–Kier alpha value is -1.78. The Labute approximate surface area is 86.8 Å². The van der Waals surface area contributed by atoms with Crippen molar-refractivity contribution >= 4 is 11.7 Å². The van der Waals surface area contributed by atoms with E-state index in [1.165, 1.54) is 13.2 Å². The fourth-order valence-electron chi connectivity index (χ4n) is 1.11. The van der Waals surface area contributed by atoms with E-state index in [2.05, 4.69) is 4.74 Å². The van der Waals surface area contributed by atoms with E-state index in [-0.39, 0.29) is 17.0 Å². The van der Waals surface area contributed by atoms with Gasteiger partial charge in [0.05, 0.1) is 19.4 Å². The first-order valence-electron chi connectivity index (χ1n) is 4.40. The van der Waals surface area contributed by atoms with Gasteiger partial charge in [0.25, 0.3) is 0 Å². The molecule has 15 heavy (non-hydrogen) atoms. The summed E-state index contributed by atoms with van der Waals surface area (Å²) < 4.78 is 22.7. The smallest absolute Gasteiger partial charge is 0.341 e. The molecule has 5 heteroatoms. The average molecular weight is 213 g/mol. The van der Waals surface area contributed by atoms with Crippen molar-refractivity contribution < 1.29 is 18.7 Å². The Morgan fingerprint density at radius 2 is 2.20 bits per heavy atom. The second-order valence-corrected chi connectivity index (χ2v) is 2.79. The maximum atomic E-state index is 13.1. The molecule has 0 heterocycles. The van der Waals surface area contributed by atoms with Crippen LogP contribution in [0.3, 0.4) is 0 Å². The molecule has 2 N–H and O–H groups in total. The van der Waals surface area contributed by atoms with Gasteiger partial charge in [-0.2, -0.15) is 0 Å². The van der Waals surface area contributed by atoms with E-state index in [0.717, 1.165) is 6.07 Å². The number of carbonyl (C=O) groups excluding carboxylic acids is 1. The molecule has 0 unspecified atom stereocenters. The van der Waals surface area contributed by atoms with E-state index in [1.807, 2.05) is 0 Å². The number of hydrogen-bond donors (Lipinski definition) is 1. The first-order chi connectivity index (χ1) is 7.10. The van der Waals surface area contributed by atoms with Crippen LogP contribution in [0.25, 0.3) is 0 Å². The fraction of sp³-hybridized carbons (Fsp3) is 0.300. The predicted molar refractivity (Wildman–Crippen MR) is 53.3 cm³/mol. The third-order valence-electron chi connectivity index (χ3n) is 1.80. The van der Waals surface area contributed by atoms with Crippen molar-refractivity contribution in [3.63, 3.8) is 0 Å². The van der Waals surface area contributed by atoms with E-state index in [1.54, 1.807) is 6.92 Å². The van der Waals surface area contributed by atoms with Gasteiger partial charge < -0.3 is 15.2 Å². The van der Waals surface area contributed by atoms with Crippen molar-refractivity contribution in [2.45, 2.75) is 6.92 Å². The first kappa shape index (κ1) is 11.3. The molecule has 1 aromatic carbocycles. The molecule has 0 amide bonds. The molecule has 0 radical (unpaired) electrons. The summed E-state index contributed by atoms with van der Waals surface area (Å²) in [5, 5.41) is 0. The van der Waals surface area contributed by atoms with Gasteiger partial charge in [0.15, 0.2) is 0 Å². The molecule has 0 aliphatic heterocycles. The highest BCUT2D eigenvalue weighted by atomic mass is 19.1. The molecule has 0 fully saturated rings. The van der Waals surface area contributed by atoms with Gasteiger partial charge in [0.1, 0.15) is 17.1 Å². The number of nitrogen functional groups attached to an aromatic ring is 1. The summed E-state index contributed by atoms with van der Waals surface area (Å²) in [5.41, 5.74) is 5.32. The third kappa shape index (κ3) is 2.37. The summed E-state index contributed by atoms with van der Waals surface area (Å²) in [6, 6.07) is 2.28. The number of rotatable bonds is 3. The van der Waals surface area contributed by atoms with Gasteiger partial charge in [-0.3, -0.25) is 0 Å². The van der Waals surface area contributed by atoms with Crippen LogP contribution < -0.4 is 10.5 Å². The summed E-state index contributed by atoms with van der Waals surface area (Å²) in [6.07, 6.45) is 0. The number of benzene rings is 1. The minimum absolute atomic E-state index is 0.0334. The lowest BCUT2D eigenvalue weighted by Gasteiger charge is -2.09. The van der Waals surface area contributed by atoms with Crippen LogP contribution in [0.15, 0.2) is 12.1 Å². The van der Waals surface area contributed by atoms with Crippen molar-refractivity contribution in [1.29, 1.82) is 0 Å². The predicted octanol–water partition coefficient (Wildman–Crippen LogP) is 1.59.